The van der Waals surface area contributed by atoms with Gasteiger partial charge in [-0.2, -0.15) is 0 Å². The Hall–Kier alpha value is -0.0800. The summed E-state index contributed by atoms with van der Waals surface area (Å²) in [4.78, 5) is 2.88. The second kappa shape index (κ2) is 25.9. The third-order valence-corrected chi connectivity index (χ3v) is 9.29. The number of hydrogen-bond acceptors (Lipinski definition) is 2. The summed E-state index contributed by atoms with van der Waals surface area (Å²) in [5, 5.41) is 3.54. The van der Waals surface area contributed by atoms with E-state index in [1.807, 2.05) is 13.8 Å². The molecule has 0 bridgehead atoms. The summed E-state index contributed by atoms with van der Waals surface area (Å²) in [7, 11) is 0. The number of nitrogens with zero attached hydrogens (tertiary/aromatic N) is 1. The molecule has 0 saturated carbocycles. The van der Waals surface area contributed by atoms with E-state index in [2.05, 4.69) is 24.1 Å². The van der Waals surface area contributed by atoms with Crippen molar-refractivity contribution in [2.75, 3.05) is 32.7 Å². The molecule has 0 aromatic carbocycles. The van der Waals surface area contributed by atoms with Crippen LogP contribution in [0.1, 0.15) is 188 Å². The summed E-state index contributed by atoms with van der Waals surface area (Å²) >= 11 is 0. The Morgan fingerprint density at radius 2 is 0.842 bits per heavy atom. The maximum Gasteiger partial charge on any atom is 0.00327 e. The van der Waals surface area contributed by atoms with E-state index in [0.29, 0.717) is 5.41 Å². The maximum absolute atomic E-state index is 3.54. The summed E-state index contributed by atoms with van der Waals surface area (Å²) in [5.41, 5.74) is 0.466. The molecular formula is C36H74N2. The fourth-order valence-corrected chi connectivity index (χ4v) is 6.75. The molecule has 2 rings (SSSR count). The molecule has 38 heavy (non-hydrogen) atoms. The smallest absolute Gasteiger partial charge is 0.00327 e. The summed E-state index contributed by atoms with van der Waals surface area (Å²) in [6.07, 6.45) is 36.6. The van der Waals surface area contributed by atoms with Gasteiger partial charge in [-0.1, -0.05) is 150 Å². The molecule has 0 aromatic heterocycles. The highest BCUT2D eigenvalue weighted by atomic mass is 15.1. The molecule has 2 nitrogen and oxygen atoms in total. The van der Waals surface area contributed by atoms with Crippen molar-refractivity contribution in [1.29, 1.82) is 0 Å². The average molecular weight is 535 g/mol. The summed E-state index contributed by atoms with van der Waals surface area (Å²) in [6, 6.07) is 0. The molecule has 0 spiro atoms. The quantitative estimate of drug-likeness (QED) is 0.377. The van der Waals surface area contributed by atoms with Crippen molar-refractivity contribution in [1.82, 2.24) is 10.2 Å². The summed E-state index contributed by atoms with van der Waals surface area (Å²) < 4.78 is 0. The number of piperidine rings is 1. The lowest BCUT2D eigenvalue weighted by molar-refractivity contribution is 0.151. The molecule has 2 fully saturated rings. The van der Waals surface area contributed by atoms with Crippen LogP contribution >= 0.6 is 0 Å². The zero-order chi connectivity index (χ0) is 27.6. The first-order valence-electron chi connectivity index (χ1n) is 18.1. The van der Waals surface area contributed by atoms with Gasteiger partial charge in [0.25, 0.3) is 0 Å². The number of hydrogen-bond donors (Lipinski definition) is 1. The molecule has 228 valence electrons. The van der Waals surface area contributed by atoms with E-state index in [9.17, 15) is 0 Å². The van der Waals surface area contributed by atoms with Gasteiger partial charge < -0.3 is 10.2 Å². The van der Waals surface area contributed by atoms with Crippen LogP contribution in [0.3, 0.4) is 0 Å². The SMILES string of the molecule is CC.CC(C)(CCC1CCNCC1)CN1CCCCCCCCCCCCCCCCCCCCCCC1. The first-order valence-corrected chi connectivity index (χ1v) is 18.1. The Morgan fingerprint density at radius 1 is 0.526 bits per heavy atom. The zero-order valence-electron chi connectivity index (χ0n) is 27.2. The zero-order valence-corrected chi connectivity index (χ0v) is 27.2. The molecule has 1 N–H and O–H groups in total. The van der Waals surface area contributed by atoms with Gasteiger partial charge in [-0.05, 0) is 76.0 Å². The minimum absolute atomic E-state index is 0.466. The van der Waals surface area contributed by atoms with Crippen LogP contribution in [0, 0.1) is 11.3 Å². The molecule has 0 unspecified atom stereocenters. The fourth-order valence-electron chi connectivity index (χ4n) is 6.75. The van der Waals surface area contributed by atoms with Crippen molar-refractivity contribution < 1.29 is 0 Å². The highest BCUT2D eigenvalue weighted by Crippen LogP contribution is 2.29. The van der Waals surface area contributed by atoms with Crippen LogP contribution in [-0.4, -0.2) is 37.6 Å². The van der Waals surface area contributed by atoms with Crippen molar-refractivity contribution in [3.8, 4) is 0 Å². The lowest BCUT2D eigenvalue weighted by atomic mass is 9.81. The van der Waals surface area contributed by atoms with Crippen molar-refractivity contribution >= 4 is 0 Å². The second-order valence-electron chi connectivity index (χ2n) is 13.6. The Morgan fingerprint density at radius 3 is 1.18 bits per heavy atom. The summed E-state index contributed by atoms with van der Waals surface area (Å²) in [6.45, 7) is 15.6. The molecular weight excluding hydrogens is 460 g/mol. The second-order valence-corrected chi connectivity index (χ2v) is 13.6. The van der Waals surface area contributed by atoms with Crippen LogP contribution in [0.4, 0.5) is 0 Å². The van der Waals surface area contributed by atoms with Crippen LogP contribution in [-0.2, 0) is 0 Å². The predicted octanol–water partition coefficient (Wildman–Crippen LogP) is 11.3. The molecule has 2 saturated heterocycles. The molecule has 0 radical (unpaired) electrons. The molecule has 2 heteroatoms. The maximum atomic E-state index is 3.54. The van der Waals surface area contributed by atoms with E-state index in [1.165, 1.54) is 193 Å². The van der Waals surface area contributed by atoms with Gasteiger partial charge in [0.1, 0.15) is 0 Å². The van der Waals surface area contributed by atoms with Crippen LogP contribution in [0.5, 0.6) is 0 Å². The van der Waals surface area contributed by atoms with Gasteiger partial charge in [0, 0.05) is 6.54 Å². The van der Waals surface area contributed by atoms with Crippen LogP contribution < -0.4 is 5.32 Å². The molecule has 2 heterocycles. The number of rotatable bonds is 5. The number of nitrogens with one attached hydrogen (secondary N) is 1. The molecule has 2 aliphatic heterocycles. The van der Waals surface area contributed by atoms with Gasteiger partial charge in [-0.3, -0.25) is 0 Å². The van der Waals surface area contributed by atoms with E-state index in [4.69, 9.17) is 0 Å². The normalized spacial score (nSPS) is 23.1. The third-order valence-electron chi connectivity index (χ3n) is 9.29. The highest BCUT2D eigenvalue weighted by Gasteiger charge is 2.24. The van der Waals surface area contributed by atoms with Gasteiger partial charge in [0.15, 0.2) is 0 Å². The van der Waals surface area contributed by atoms with E-state index >= 15 is 0 Å². The molecule has 0 aliphatic carbocycles. The molecule has 0 amide bonds. The van der Waals surface area contributed by atoms with Crippen molar-refractivity contribution in [2.24, 2.45) is 11.3 Å². The van der Waals surface area contributed by atoms with Crippen molar-refractivity contribution in [3.05, 3.63) is 0 Å². The Balaban J connectivity index is 0.00000352. The first kappa shape index (κ1) is 35.9. The van der Waals surface area contributed by atoms with Crippen LogP contribution in [0.25, 0.3) is 0 Å². The minimum atomic E-state index is 0.466. The van der Waals surface area contributed by atoms with Gasteiger partial charge in [0.2, 0.25) is 0 Å². The van der Waals surface area contributed by atoms with E-state index in [0.717, 1.165) is 5.92 Å². The van der Waals surface area contributed by atoms with E-state index < -0.39 is 0 Å². The van der Waals surface area contributed by atoms with Gasteiger partial charge in [-0.25, -0.2) is 0 Å². The third kappa shape index (κ3) is 21.7. The molecule has 0 aromatic rings. The van der Waals surface area contributed by atoms with Crippen LogP contribution in [0.2, 0.25) is 0 Å². The lowest BCUT2D eigenvalue weighted by Gasteiger charge is -2.34. The van der Waals surface area contributed by atoms with Crippen LogP contribution in [0.15, 0.2) is 0 Å². The Labute approximate surface area is 242 Å². The molecule has 0 atom stereocenters. The molecule has 2 aliphatic rings. The topological polar surface area (TPSA) is 15.3 Å². The van der Waals surface area contributed by atoms with E-state index in [1.54, 1.807) is 0 Å². The van der Waals surface area contributed by atoms with E-state index in [-0.39, 0.29) is 0 Å². The standard InChI is InChI=1S/C34H68N2.C2H6/c1-34(2,27-24-33-25-28-35-29-26-33)32-36-30-22-20-18-16-14-12-10-8-6-4-3-5-7-9-11-13-15-17-19-21-23-31-36;1-2/h33,35H,3-32H2,1-2H3;1-2H3. The highest BCUT2D eigenvalue weighted by molar-refractivity contribution is 4.78. The fraction of sp³-hybridized carbons (Fsp3) is 1.00. The Kier molecular flexibility index (Phi) is 24.5. The lowest BCUT2D eigenvalue weighted by Crippen LogP contribution is -2.36. The Bertz CT molecular complexity index is 444. The summed E-state index contributed by atoms with van der Waals surface area (Å²) in [5.74, 6) is 0.974. The largest absolute Gasteiger partial charge is 0.317 e. The monoisotopic (exact) mass is 535 g/mol. The first-order chi connectivity index (χ1) is 18.7. The van der Waals surface area contributed by atoms with Gasteiger partial charge in [0.05, 0.1) is 0 Å². The van der Waals surface area contributed by atoms with Crippen molar-refractivity contribution in [2.45, 2.75) is 188 Å². The average Bonchev–Trinajstić information content (AvgIpc) is 2.93. The minimum Gasteiger partial charge on any atom is -0.317 e. The van der Waals surface area contributed by atoms with Crippen molar-refractivity contribution in [3.63, 3.8) is 0 Å². The van der Waals surface area contributed by atoms with Gasteiger partial charge in [-0.15, -0.1) is 0 Å². The predicted molar refractivity (Wildman–Crippen MR) is 173 cm³/mol. The van der Waals surface area contributed by atoms with Gasteiger partial charge >= 0.3 is 0 Å².